The number of benzene rings is 1. The number of pyridine rings is 1. The molecule has 3 heterocycles. The van der Waals surface area contributed by atoms with Gasteiger partial charge in [-0.25, -0.2) is 0 Å². The van der Waals surface area contributed by atoms with Crippen molar-refractivity contribution in [2.45, 2.75) is 12.8 Å². The van der Waals surface area contributed by atoms with Crippen LogP contribution in [0, 0.1) is 0 Å². The summed E-state index contributed by atoms with van der Waals surface area (Å²) in [5.41, 5.74) is 5.19. The van der Waals surface area contributed by atoms with Gasteiger partial charge in [0.05, 0.1) is 6.20 Å². The maximum absolute atomic E-state index is 12.3. The number of rotatable bonds is 4. The number of aromatic nitrogens is 3. The molecule has 0 saturated carbocycles. The Bertz CT molecular complexity index is 1080. The normalized spacial score (nSPS) is 13.2. The van der Waals surface area contributed by atoms with Crippen LogP contribution in [0.3, 0.4) is 0 Å². The van der Waals surface area contributed by atoms with E-state index < -0.39 is 0 Å². The number of carbonyl (C=O) groups excluding carboxylic acids is 2. The first-order valence-corrected chi connectivity index (χ1v) is 8.93. The molecule has 1 aliphatic rings. The van der Waals surface area contributed by atoms with Gasteiger partial charge in [-0.05, 0) is 41.8 Å². The Morgan fingerprint density at radius 1 is 1.25 bits per heavy atom. The SMILES string of the molecule is Cn1cc(-c2ccncc2/C=C/C(=O)Nc2ccc3c(c2)NC(=O)CC3)cn1. The molecule has 0 fully saturated rings. The third-order valence-electron chi connectivity index (χ3n) is 4.55. The molecule has 0 saturated heterocycles. The predicted molar refractivity (Wildman–Crippen MR) is 107 cm³/mol. The van der Waals surface area contributed by atoms with E-state index in [9.17, 15) is 9.59 Å². The van der Waals surface area contributed by atoms with Gasteiger partial charge in [0, 0.05) is 60.6 Å². The summed E-state index contributed by atoms with van der Waals surface area (Å²) in [7, 11) is 1.86. The quantitative estimate of drug-likeness (QED) is 0.688. The summed E-state index contributed by atoms with van der Waals surface area (Å²) in [6.07, 6.45) is 11.5. The predicted octanol–water partition coefficient (Wildman–Crippen LogP) is 3.02. The molecule has 7 heteroatoms. The summed E-state index contributed by atoms with van der Waals surface area (Å²) in [6, 6.07) is 7.44. The number of hydrogen-bond donors (Lipinski definition) is 2. The van der Waals surface area contributed by atoms with Crippen LogP contribution in [0.2, 0.25) is 0 Å². The lowest BCUT2D eigenvalue weighted by atomic mass is 10.0. The summed E-state index contributed by atoms with van der Waals surface area (Å²) >= 11 is 0. The zero-order valence-corrected chi connectivity index (χ0v) is 15.3. The van der Waals surface area contributed by atoms with E-state index in [2.05, 4.69) is 20.7 Å². The number of amides is 2. The van der Waals surface area contributed by atoms with Crippen molar-refractivity contribution < 1.29 is 9.59 Å². The van der Waals surface area contributed by atoms with Crippen molar-refractivity contribution in [3.63, 3.8) is 0 Å². The van der Waals surface area contributed by atoms with Gasteiger partial charge in [-0.15, -0.1) is 0 Å². The van der Waals surface area contributed by atoms with Crippen molar-refractivity contribution in [3.05, 3.63) is 66.3 Å². The van der Waals surface area contributed by atoms with Crippen LogP contribution in [0.25, 0.3) is 17.2 Å². The molecule has 2 aromatic heterocycles. The molecule has 0 bridgehead atoms. The van der Waals surface area contributed by atoms with Gasteiger partial charge in [-0.1, -0.05) is 6.07 Å². The summed E-state index contributed by atoms with van der Waals surface area (Å²) in [5.74, 6) is -0.265. The molecule has 1 aliphatic heterocycles. The minimum Gasteiger partial charge on any atom is -0.326 e. The summed E-state index contributed by atoms with van der Waals surface area (Å²) < 4.78 is 1.73. The van der Waals surface area contributed by atoms with Crippen molar-refractivity contribution in [3.8, 4) is 11.1 Å². The molecule has 2 N–H and O–H groups in total. The molecule has 0 aliphatic carbocycles. The van der Waals surface area contributed by atoms with Crippen molar-refractivity contribution >= 4 is 29.3 Å². The highest BCUT2D eigenvalue weighted by Gasteiger charge is 2.15. The summed E-state index contributed by atoms with van der Waals surface area (Å²) in [6.45, 7) is 0. The van der Waals surface area contributed by atoms with E-state index in [0.717, 1.165) is 27.9 Å². The molecule has 0 atom stereocenters. The second kappa shape index (κ2) is 7.48. The zero-order chi connectivity index (χ0) is 19.5. The van der Waals surface area contributed by atoms with Crippen LogP contribution < -0.4 is 10.6 Å². The molecule has 7 nitrogen and oxygen atoms in total. The van der Waals surface area contributed by atoms with Gasteiger partial charge in [0.2, 0.25) is 11.8 Å². The van der Waals surface area contributed by atoms with Crippen molar-refractivity contribution in [1.29, 1.82) is 0 Å². The standard InChI is InChI=1S/C21H19N5O2/c1-26-13-16(12-23-26)18-8-9-22-11-15(18)4-7-20(27)24-17-5-2-14-3-6-21(28)25-19(14)10-17/h2,4-5,7-13H,3,6H2,1H3,(H,24,27)(H,25,28)/b7-4+. The average molecular weight is 373 g/mol. The molecular formula is C21H19N5O2. The molecule has 28 heavy (non-hydrogen) atoms. The third kappa shape index (κ3) is 3.83. The van der Waals surface area contributed by atoms with Gasteiger partial charge in [0.15, 0.2) is 0 Å². The highest BCUT2D eigenvalue weighted by Crippen LogP contribution is 2.26. The number of aryl methyl sites for hydroxylation is 2. The Labute approximate surface area is 162 Å². The highest BCUT2D eigenvalue weighted by molar-refractivity contribution is 6.03. The highest BCUT2D eigenvalue weighted by atomic mass is 16.2. The molecule has 0 radical (unpaired) electrons. The van der Waals surface area contributed by atoms with Gasteiger partial charge in [0.25, 0.3) is 0 Å². The van der Waals surface area contributed by atoms with Crippen molar-refractivity contribution in [1.82, 2.24) is 14.8 Å². The van der Waals surface area contributed by atoms with Crippen LogP contribution in [-0.4, -0.2) is 26.6 Å². The van der Waals surface area contributed by atoms with E-state index in [0.29, 0.717) is 18.5 Å². The fourth-order valence-corrected chi connectivity index (χ4v) is 3.16. The lowest BCUT2D eigenvalue weighted by Gasteiger charge is -2.17. The number of carbonyl (C=O) groups is 2. The topological polar surface area (TPSA) is 88.9 Å². The molecule has 140 valence electrons. The maximum Gasteiger partial charge on any atom is 0.248 e. The first-order chi connectivity index (χ1) is 13.6. The van der Waals surface area contributed by atoms with Crippen molar-refractivity contribution in [2.75, 3.05) is 10.6 Å². The van der Waals surface area contributed by atoms with Crippen molar-refractivity contribution in [2.24, 2.45) is 7.05 Å². The third-order valence-corrected chi connectivity index (χ3v) is 4.55. The van der Waals surface area contributed by atoms with Crippen LogP contribution >= 0.6 is 0 Å². The molecule has 2 amide bonds. The lowest BCUT2D eigenvalue weighted by Crippen LogP contribution is -2.19. The van der Waals surface area contributed by atoms with Crippen LogP contribution in [-0.2, 0) is 23.1 Å². The van der Waals surface area contributed by atoms with Gasteiger partial charge < -0.3 is 10.6 Å². The maximum atomic E-state index is 12.3. The van der Waals surface area contributed by atoms with Gasteiger partial charge in [0.1, 0.15) is 0 Å². The fraction of sp³-hybridized carbons (Fsp3) is 0.143. The minimum atomic E-state index is -0.261. The zero-order valence-electron chi connectivity index (χ0n) is 15.3. The van der Waals surface area contributed by atoms with Gasteiger partial charge >= 0.3 is 0 Å². The first-order valence-electron chi connectivity index (χ1n) is 8.93. The second-order valence-corrected chi connectivity index (χ2v) is 6.61. The smallest absolute Gasteiger partial charge is 0.248 e. The summed E-state index contributed by atoms with van der Waals surface area (Å²) in [5, 5.41) is 9.85. The number of fused-ring (bicyclic) bond motifs is 1. The molecule has 4 rings (SSSR count). The lowest BCUT2D eigenvalue weighted by molar-refractivity contribution is -0.116. The number of nitrogens with one attached hydrogen (secondary N) is 2. The van der Waals surface area contributed by atoms with Gasteiger partial charge in [-0.3, -0.25) is 19.3 Å². The van der Waals surface area contributed by atoms with E-state index in [1.165, 1.54) is 6.08 Å². The summed E-state index contributed by atoms with van der Waals surface area (Å²) in [4.78, 5) is 28.0. The first kappa shape index (κ1) is 17.7. The molecule has 3 aromatic rings. The Kier molecular flexibility index (Phi) is 4.72. The monoisotopic (exact) mass is 373 g/mol. The Hall–Kier alpha value is -3.74. The molecular weight excluding hydrogens is 354 g/mol. The Morgan fingerprint density at radius 3 is 2.96 bits per heavy atom. The Morgan fingerprint density at radius 2 is 2.14 bits per heavy atom. The minimum absolute atomic E-state index is 0.00428. The van der Waals surface area contributed by atoms with E-state index in [1.54, 1.807) is 35.4 Å². The van der Waals surface area contributed by atoms with E-state index in [1.807, 2.05) is 31.4 Å². The second-order valence-electron chi connectivity index (χ2n) is 6.61. The molecule has 0 unspecified atom stereocenters. The van der Waals surface area contributed by atoms with Gasteiger partial charge in [-0.2, -0.15) is 5.10 Å². The number of nitrogens with zero attached hydrogens (tertiary/aromatic N) is 3. The van der Waals surface area contributed by atoms with E-state index in [4.69, 9.17) is 0 Å². The van der Waals surface area contributed by atoms with Crippen LogP contribution in [0.5, 0.6) is 0 Å². The largest absolute Gasteiger partial charge is 0.326 e. The van der Waals surface area contributed by atoms with E-state index >= 15 is 0 Å². The average Bonchev–Trinajstić information content (AvgIpc) is 3.12. The Balaban J connectivity index is 1.50. The number of hydrogen-bond acceptors (Lipinski definition) is 4. The number of anilines is 2. The fourth-order valence-electron chi connectivity index (χ4n) is 3.16. The van der Waals surface area contributed by atoms with Crippen LogP contribution in [0.4, 0.5) is 11.4 Å². The van der Waals surface area contributed by atoms with Crippen LogP contribution in [0.1, 0.15) is 17.5 Å². The molecule has 1 aromatic carbocycles. The van der Waals surface area contributed by atoms with Crippen LogP contribution in [0.15, 0.2) is 55.1 Å². The van der Waals surface area contributed by atoms with E-state index in [-0.39, 0.29) is 11.8 Å². The molecule has 0 spiro atoms.